The van der Waals surface area contributed by atoms with Crippen molar-refractivity contribution in [1.29, 1.82) is 0 Å². The molecule has 0 bridgehead atoms. The van der Waals surface area contributed by atoms with E-state index >= 15 is 0 Å². The van der Waals surface area contributed by atoms with Crippen molar-refractivity contribution >= 4 is 38.9 Å². The maximum atomic E-state index is 14.3. The van der Waals surface area contributed by atoms with Gasteiger partial charge in [-0.15, -0.1) is 0 Å². The number of carbonyl (C=O) groups is 1. The molecule has 172 valence electrons. The van der Waals surface area contributed by atoms with Crippen molar-refractivity contribution in [3.05, 3.63) is 94.5 Å². The molecular formula is C28H27BrN4O. The van der Waals surface area contributed by atoms with E-state index in [-0.39, 0.29) is 11.9 Å². The molecule has 3 aromatic rings. The monoisotopic (exact) mass is 514 g/mol. The molecule has 5 nitrogen and oxygen atoms in total. The second kappa shape index (κ2) is 8.36. The van der Waals surface area contributed by atoms with E-state index in [0.29, 0.717) is 6.42 Å². The number of piperazine rings is 1. The van der Waals surface area contributed by atoms with Crippen LogP contribution in [0.25, 0.3) is 0 Å². The first-order valence-corrected chi connectivity index (χ1v) is 12.6. The Morgan fingerprint density at radius 3 is 2.50 bits per heavy atom. The third-order valence-electron chi connectivity index (χ3n) is 7.57. The van der Waals surface area contributed by atoms with Crippen LogP contribution < -0.4 is 9.91 Å². The number of rotatable bonds is 3. The van der Waals surface area contributed by atoms with Gasteiger partial charge in [0, 0.05) is 36.3 Å². The van der Waals surface area contributed by atoms with Gasteiger partial charge in [0.05, 0.1) is 17.4 Å². The summed E-state index contributed by atoms with van der Waals surface area (Å²) in [4.78, 5) is 19.2. The highest BCUT2D eigenvalue weighted by molar-refractivity contribution is 9.10. The second-order valence-corrected chi connectivity index (χ2v) is 10.4. The van der Waals surface area contributed by atoms with Crippen molar-refractivity contribution in [3.63, 3.8) is 0 Å². The van der Waals surface area contributed by atoms with Crippen LogP contribution in [-0.2, 0) is 17.8 Å². The molecule has 0 N–H and O–H groups in total. The molecule has 1 amide bonds. The fourth-order valence-electron chi connectivity index (χ4n) is 5.89. The summed E-state index contributed by atoms with van der Waals surface area (Å²) in [6.07, 6.45) is 0.666. The largest absolute Gasteiger partial charge is 0.364 e. The van der Waals surface area contributed by atoms with Gasteiger partial charge >= 0.3 is 0 Å². The van der Waals surface area contributed by atoms with Gasteiger partial charge in [0.25, 0.3) is 5.91 Å². The normalized spacial score (nSPS) is 24.2. The molecule has 3 heterocycles. The molecule has 0 radical (unpaired) electrons. The Morgan fingerprint density at radius 2 is 1.74 bits per heavy atom. The van der Waals surface area contributed by atoms with Gasteiger partial charge in [0.15, 0.2) is 0 Å². The average molecular weight is 515 g/mol. The van der Waals surface area contributed by atoms with Crippen LogP contribution in [0.4, 0.5) is 11.4 Å². The van der Waals surface area contributed by atoms with Gasteiger partial charge < -0.3 is 4.90 Å². The Morgan fingerprint density at radius 1 is 1.00 bits per heavy atom. The Balaban J connectivity index is 1.41. The van der Waals surface area contributed by atoms with E-state index in [9.17, 15) is 4.79 Å². The summed E-state index contributed by atoms with van der Waals surface area (Å²) in [6.45, 7) is 5.61. The maximum Gasteiger partial charge on any atom is 0.261 e. The Hall–Kier alpha value is -2.96. The molecule has 3 aliphatic rings. The number of hydrogen-bond acceptors (Lipinski definition) is 4. The average Bonchev–Trinajstić information content (AvgIpc) is 3.11. The predicted molar refractivity (Wildman–Crippen MR) is 140 cm³/mol. The zero-order valence-corrected chi connectivity index (χ0v) is 20.8. The van der Waals surface area contributed by atoms with Gasteiger partial charge in [0.1, 0.15) is 5.41 Å². The summed E-state index contributed by atoms with van der Waals surface area (Å²) in [7, 11) is 0. The quantitative estimate of drug-likeness (QED) is 0.487. The van der Waals surface area contributed by atoms with E-state index in [1.807, 2.05) is 37.3 Å². The Kier molecular flexibility index (Phi) is 5.30. The van der Waals surface area contributed by atoms with Crippen molar-refractivity contribution in [2.45, 2.75) is 25.9 Å². The summed E-state index contributed by atoms with van der Waals surface area (Å²) in [5, 5.41) is 6.49. The zero-order valence-electron chi connectivity index (χ0n) is 19.2. The van der Waals surface area contributed by atoms with E-state index in [2.05, 4.69) is 74.3 Å². The van der Waals surface area contributed by atoms with Crippen LogP contribution >= 0.6 is 15.9 Å². The molecule has 6 rings (SSSR count). The summed E-state index contributed by atoms with van der Waals surface area (Å²) in [5.41, 5.74) is 4.81. The first kappa shape index (κ1) is 21.6. The molecule has 6 heteroatoms. The van der Waals surface area contributed by atoms with Gasteiger partial charge in [0.2, 0.25) is 0 Å². The van der Waals surface area contributed by atoms with Gasteiger partial charge in [-0.2, -0.15) is 10.1 Å². The molecule has 1 spiro atoms. The molecule has 0 aliphatic carbocycles. The number of hydrazone groups is 1. The van der Waals surface area contributed by atoms with E-state index in [4.69, 9.17) is 5.10 Å². The van der Waals surface area contributed by atoms with Crippen LogP contribution in [0.5, 0.6) is 0 Å². The number of halogens is 1. The zero-order chi connectivity index (χ0) is 23.3. The number of hydrogen-bond donors (Lipinski definition) is 0. The van der Waals surface area contributed by atoms with Crippen LogP contribution in [0.1, 0.15) is 18.1 Å². The number of carbonyl (C=O) groups excluding carboxylic acids is 1. The van der Waals surface area contributed by atoms with E-state index in [1.165, 1.54) is 16.8 Å². The van der Waals surface area contributed by atoms with Crippen molar-refractivity contribution in [1.82, 2.24) is 4.90 Å². The molecule has 34 heavy (non-hydrogen) atoms. The van der Waals surface area contributed by atoms with Gasteiger partial charge in [-0.05, 0) is 54.8 Å². The van der Waals surface area contributed by atoms with Crippen molar-refractivity contribution < 1.29 is 4.79 Å². The summed E-state index contributed by atoms with van der Waals surface area (Å²) >= 11 is 3.65. The Labute approximate surface area is 208 Å². The number of amides is 1. The lowest BCUT2D eigenvalue weighted by molar-refractivity contribution is -0.125. The van der Waals surface area contributed by atoms with Crippen LogP contribution in [0.3, 0.4) is 0 Å². The lowest BCUT2D eigenvalue weighted by Gasteiger charge is -2.53. The highest BCUT2D eigenvalue weighted by atomic mass is 79.9. The van der Waals surface area contributed by atoms with E-state index in [0.717, 1.165) is 42.1 Å². The SMILES string of the molecule is CC1=NN(c2ccccc2)C(=O)[C@]12Cc1cc(Br)ccc1N1CCN(Cc3ccccc3)C[C@@H]12. The predicted octanol–water partition coefficient (Wildman–Crippen LogP) is 5.11. The third-order valence-corrected chi connectivity index (χ3v) is 8.07. The van der Waals surface area contributed by atoms with Gasteiger partial charge in [-0.1, -0.05) is 64.5 Å². The van der Waals surface area contributed by atoms with Gasteiger partial charge in [-0.3, -0.25) is 9.69 Å². The first-order chi connectivity index (χ1) is 16.6. The highest BCUT2D eigenvalue weighted by Gasteiger charge is 2.59. The number of para-hydroxylation sites is 1. The van der Waals surface area contributed by atoms with Gasteiger partial charge in [-0.25, -0.2) is 0 Å². The molecule has 1 fully saturated rings. The summed E-state index contributed by atoms with van der Waals surface area (Å²) in [6, 6.07) is 26.9. The molecular weight excluding hydrogens is 488 g/mol. The number of fused-ring (bicyclic) bond motifs is 4. The molecule has 0 unspecified atom stereocenters. The molecule has 3 aliphatic heterocycles. The number of benzene rings is 3. The Bertz CT molecular complexity index is 1260. The lowest BCUT2D eigenvalue weighted by atomic mass is 9.67. The number of nitrogens with zero attached hydrogens (tertiary/aromatic N) is 4. The highest BCUT2D eigenvalue weighted by Crippen LogP contribution is 2.48. The minimum absolute atomic E-state index is 0.0311. The minimum Gasteiger partial charge on any atom is -0.364 e. The molecule has 1 saturated heterocycles. The van der Waals surface area contributed by atoms with Crippen LogP contribution in [0.2, 0.25) is 0 Å². The summed E-state index contributed by atoms with van der Waals surface area (Å²) < 4.78 is 1.04. The van der Waals surface area contributed by atoms with Crippen molar-refractivity contribution in [3.8, 4) is 0 Å². The fourth-order valence-corrected chi connectivity index (χ4v) is 6.30. The van der Waals surface area contributed by atoms with Crippen LogP contribution in [0, 0.1) is 5.41 Å². The standard InChI is InChI=1S/C28H27BrN4O/c1-20-28(27(34)33(30-20)24-10-6-3-7-11-24)17-22-16-23(29)12-13-25(22)32-15-14-31(19-26(28)32)18-21-8-4-2-5-9-21/h2-13,16,26H,14-15,17-19H2,1H3/t26-,28-/m1/s1. The lowest BCUT2D eigenvalue weighted by Crippen LogP contribution is -2.66. The van der Waals surface area contributed by atoms with Crippen molar-refractivity contribution in [2.24, 2.45) is 10.5 Å². The summed E-state index contributed by atoms with van der Waals surface area (Å²) in [5.74, 6) is 0.0818. The molecule has 2 atom stereocenters. The fraction of sp³-hybridized carbons (Fsp3) is 0.286. The first-order valence-electron chi connectivity index (χ1n) is 11.8. The number of anilines is 2. The van der Waals surface area contributed by atoms with E-state index in [1.54, 1.807) is 5.01 Å². The second-order valence-electron chi connectivity index (χ2n) is 9.49. The third kappa shape index (κ3) is 3.39. The molecule has 0 saturated carbocycles. The van der Waals surface area contributed by atoms with E-state index < -0.39 is 5.41 Å². The maximum absolute atomic E-state index is 14.3. The topological polar surface area (TPSA) is 39.2 Å². The molecule has 0 aromatic heterocycles. The van der Waals surface area contributed by atoms with Crippen LogP contribution in [-0.4, -0.2) is 42.2 Å². The smallest absolute Gasteiger partial charge is 0.261 e. The molecule has 3 aromatic carbocycles. The van der Waals surface area contributed by atoms with Crippen molar-refractivity contribution in [2.75, 3.05) is 29.5 Å². The van der Waals surface area contributed by atoms with Crippen LogP contribution in [0.15, 0.2) is 88.4 Å². The minimum atomic E-state index is -0.682.